The zero-order valence-corrected chi connectivity index (χ0v) is 17.2. The number of amides is 1. The Kier molecular flexibility index (Phi) is 6.19. The first-order valence-corrected chi connectivity index (χ1v) is 10.4. The number of benzene rings is 1. The molecule has 1 aromatic carbocycles. The molecular weight excluding hydrogens is 400 g/mol. The Labute approximate surface area is 177 Å². The molecule has 0 radical (unpaired) electrons. The molecule has 0 fully saturated rings. The largest absolute Gasteiger partial charge is 0.497 e. The first kappa shape index (κ1) is 19.8. The molecule has 4 aromatic rings. The molecule has 4 rings (SSSR count). The summed E-state index contributed by atoms with van der Waals surface area (Å²) < 4.78 is 6.79. The lowest BCUT2D eigenvalue weighted by molar-refractivity contribution is -0.118. The number of hydrogen-bond acceptors (Lipinski definition) is 7. The molecule has 0 saturated heterocycles. The molecule has 0 aliphatic heterocycles. The number of nitrogens with zero attached hydrogens (tertiary/aromatic N) is 5. The Bertz CT molecular complexity index is 1130. The lowest BCUT2D eigenvalue weighted by Crippen LogP contribution is -2.27. The first-order valence-electron chi connectivity index (χ1n) is 9.39. The van der Waals surface area contributed by atoms with Crippen LogP contribution < -0.4 is 10.1 Å². The van der Waals surface area contributed by atoms with Crippen LogP contribution in [0, 0.1) is 0 Å². The Morgan fingerprint density at radius 2 is 1.97 bits per heavy atom. The maximum atomic E-state index is 12.2. The number of pyridine rings is 1. The third kappa shape index (κ3) is 4.74. The number of ether oxygens (including phenoxy) is 1. The summed E-state index contributed by atoms with van der Waals surface area (Å²) in [4.78, 5) is 16.5. The van der Waals surface area contributed by atoms with E-state index in [4.69, 9.17) is 4.74 Å². The summed E-state index contributed by atoms with van der Waals surface area (Å²) in [5.41, 5.74) is 2.46. The number of aromatic nitrogens is 5. The highest BCUT2D eigenvalue weighted by atomic mass is 32.2. The van der Waals surface area contributed by atoms with Crippen LogP contribution in [0.2, 0.25) is 0 Å². The first-order chi connectivity index (χ1) is 14.7. The fourth-order valence-electron chi connectivity index (χ4n) is 2.83. The van der Waals surface area contributed by atoms with E-state index in [1.54, 1.807) is 17.8 Å². The highest BCUT2D eigenvalue weighted by Gasteiger charge is 2.11. The Hall–Kier alpha value is -3.46. The predicted molar refractivity (Wildman–Crippen MR) is 114 cm³/mol. The maximum absolute atomic E-state index is 12.2. The molecule has 3 heterocycles. The van der Waals surface area contributed by atoms with Crippen LogP contribution in [0.1, 0.15) is 5.56 Å². The van der Waals surface area contributed by atoms with Crippen LogP contribution in [0.5, 0.6) is 5.75 Å². The maximum Gasteiger partial charge on any atom is 0.230 e. The zero-order valence-electron chi connectivity index (χ0n) is 16.4. The number of thioether (sulfide) groups is 1. The van der Waals surface area contributed by atoms with Gasteiger partial charge in [-0.25, -0.2) is 0 Å². The molecule has 8 nitrogen and oxygen atoms in total. The fraction of sp³-hybridized carbons (Fsp3) is 0.190. The third-order valence-corrected chi connectivity index (χ3v) is 5.30. The molecular formula is C21H20N6O2S. The summed E-state index contributed by atoms with van der Waals surface area (Å²) in [5.74, 6) is 1.63. The van der Waals surface area contributed by atoms with Crippen molar-refractivity contribution >= 4 is 23.3 Å². The van der Waals surface area contributed by atoms with Gasteiger partial charge < -0.3 is 10.1 Å². The quantitative estimate of drug-likeness (QED) is 0.438. The van der Waals surface area contributed by atoms with Gasteiger partial charge in [-0.05, 0) is 48.4 Å². The van der Waals surface area contributed by atoms with Gasteiger partial charge in [-0.1, -0.05) is 30.0 Å². The van der Waals surface area contributed by atoms with Gasteiger partial charge in [0.15, 0.2) is 5.65 Å². The minimum atomic E-state index is -0.0379. The monoisotopic (exact) mass is 420 g/mol. The second kappa shape index (κ2) is 9.36. The van der Waals surface area contributed by atoms with E-state index in [-0.39, 0.29) is 11.7 Å². The number of fused-ring (bicyclic) bond motifs is 1. The van der Waals surface area contributed by atoms with Gasteiger partial charge in [0, 0.05) is 12.7 Å². The standard InChI is InChI=1S/C21H20N6O2S/c1-29-16-7-5-15(6-8-16)11-13-23-19(28)14-30-20-10-9-18-24-25-21(27(18)26-20)17-4-2-3-12-22-17/h2-10,12H,11,13-14H2,1H3,(H,23,28). The zero-order chi connectivity index (χ0) is 20.8. The van der Waals surface area contributed by atoms with Crippen molar-refractivity contribution in [3.8, 4) is 17.3 Å². The number of hydrogen-bond donors (Lipinski definition) is 1. The van der Waals surface area contributed by atoms with Crippen molar-refractivity contribution in [2.75, 3.05) is 19.4 Å². The minimum absolute atomic E-state index is 0.0379. The van der Waals surface area contributed by atoms with Crippen molar-refractivity contribution in [2.45, 2.75) is 11.4 Å². The van der Waals surface area contributed by atoms with Gasteiger partial charge >= 0.3 is 0 Å². The SMILES string of the molecule is COc1ccc(CCNC(=O)CSc2ccc3nnc(-c4ccccn4)n3n2)cc1. The van der Waals surface area contributed by atoms with Gasteiger partial charge in [-0.2, -0.15) is 9.61 Å². The van der Waals surface area contributed by atoms with Crippen molar-refractivity contribution in [3.63, 3.8) is 0 Å². The van der Waals surface area contributed by atoms with Gasteiger partial charge in [0.1, 0.15) is 16.5 Å². The Morgan fingerprint density at radius 3 is 2.73 bits per heavy atom. The van der Waals surface area contributed by atoms with Crippen LogP contribution in [0.4, 0.5) is 0 Å². The highest BCUT2D eigenvalue weighted by molar-refractivity contribution is 7.99. The minimum Gasteiger partial charge on any atom is -0.497 e. The lowest BCUT2D eigenvalue weighted by Gasteiger charge is -2.06. The van der Waals surface area contributed by atoms with E-state index in [2.05, 4.69) is 25.6 Å². The molecule has 0 unspecified atom stereocenters. The van der Waals surface area contributed by atoms with E-state index >= 15 is 0 Å². The van der Waals surface area contributed by atoms with Crippen LogP contribution in [-0.4, -0.2) is 50.1 Å². The molecule has 0 bridgehead atoms. The van der Waals surface area contributed by atoms with Gasteiger partial charge in [0.2, 0.25) is 11.7 Å². The van der Waals surface area contributed by atoms with E-state index in [0.717, 1.165) is 17.7 Å². The number of nitrogens with one attached hydrogen (secondary N) is 1. The van der Waals surface area contributed by atoms with E-state index in [1.807, 2.05) is 54.6 Å². The van der Waals surface area contributed by atoms with Crippen LogP contribution in [0.15, 0.2) is 65.8 Å². The van der Waals surface area contributed by atoms with Crippen molar-refractivity contribution in [2.24, 2.45) is 0 Å². The molecule has 3 aromatic heterocycles. The molecule has 0 saturated carbocycles. The van der Waals surface area contributed by atoms with Crippen LogP contribution in [0.25, 0.3) is 17.2 Å². The molecule has 0 atom stereocenters. The van der Waals surface area contributed by atoms with Crippen molar-refractivity contribution in [1.29, 1.82) is 0 Å². The van der Waals surface area contributed by atoms with E-state index in [0.29, 0.717) is 28.7 Å². The Morgan fingerprint density at radius 1 is 1.10 bits per heavy atom. The second-order valence-corrected chi connectivity index (χ2v) is 7.41. The molecule has 1 N–H and O–H groups in total. The van der Waals surface area contributed by atoms with Crippen molar-refractivity contribution in [1.82, 2.24) is 30.1 Å². The smallest absolute Gasteiger partial charge is 0.230 e. The van der Waals surface area contributed by atoms with Gasteiger partial charge in [-0.15, -0.1) is 10.2 Å². The van der Waals surface area contributed by atoms with E-state index < -0.39 is 0 Å². The number of methoxy groups -OCH3 is 1. The summed E-state index contributed by atoms with van der Waals surface area (Å²) in [6.07, 6.45) is 2.46. The fourth-order valence-corrected chi connectivity index (χ4v) is 3.52. The summed E-state index contributed by atoms with van der Waals surface area (Å²) in [6.45, 7) is 0.577. The average molecular weight is 420 g/mol. The van der Waals surface area contributed by atoms with E-state index in [9.17, 15) is 4.79 Å². The van der Waals surface area contributed by atoms with Crippen molar-refractivity contribution < 1.29 is 9.53 Å². The average Bonchev–Trinajstić information content (AvgIpc) is 3.22. The molecule has 152 valence electrons. The number of carbonyl (C=O) groups is 1. The van der Waals surface area contributed by atoms with Crippen molar-refractivity contribution in [3.05, 3.63) is 66.4 Å². The van der Waals surface area contributed by atoms with Gasteiger partial charge in [0.05, 0.1) is 12.9 Å². The molecule has 0 spiro atoms. The molecule has 1 amide bonds. The summed E-state index contributed by atoms with van der Waals surface area (Å²) >= 11 is 1.37. The van der Waals surface area contributed by atoms with Crippen LogP contribution in [-0.2, 0) is 11.2 Å². The molecule has 0 aliphatic rings. The molecule has 0 aliphatic carbocycles. The summed E-state index contributed by atoms with van der Waals surface area (Å²) in [7, 11) is 1.64. The summed E-state index contributed by atoms with van der Waals surface area (Å²) in [5, 5.41) is 16.5. The number of rotatable bonds is 8. The van der Waals surface area contributed by atoms with Gasteiger partial charge in [-0.3, -0.25) is 9.78 Å². The van der Waals surface area contributed by atoms with Crippen LogP contribution in [0.3, 0.4) is 0 Å². The van der Waals surface area contributed by atoms with Gasteiger partial charge in [0.25, 0.3) is 0 Å². The third-order valence-electron chi connectivity index (χ3n) is 4.38. The predicted octanol–water partition coefficient (Wildman–Crippen LogP) is 2.65. The molecule has 9 heteroatoms. The topological polar surface area (TPSA) is 94.3 Å². The van der Waals surface area contributed by atoms with E-state index in [1.165, 1.54) is 11.8 Å². The lowest BCUT2D eigenvalue weighted by atomic mass is 10.1. The normalized spacial score (nSPS) is 10.8. The highest BCUT2D eigenvalue weighted by Crippen LogP contribution is 2.19. The number of carbonyl (C=O) groups excluding carboxylic acids is 1. The second-order valence-electron chi connectivity index (χ2n) is 6.42. The van der Waals surface area contributed by atoms with Crippen LogP contribution >= 0.6 is 11.8 Å². The molecule has 30 heavy (non-hydrogen) atoms. The summed E-state index contributed by atoms with van der Waals surface area (Å²) in [6, 6.07) is 17.1. The Balaban J connectivity index is 1.32.